The van der Waals surface area contributed by atoms with Crippen molar-refractivity contribution in [3.8, 4) is 0 Å². The van der Waals surface area contributed by atoms with Crippen LogP contribution in [0, 0.1) is 0 Å². The number of hydrogen-bond acceptors (Lipinski definition) is 4. The van der Waals surface area contributed by atoms with Gasteiger partial charge in [0.2, 0.25) is 0 Å². The molecule has 0 saturated carbocycles. The van der Waals surface area contributed by atoms with Crippen LogP contribution in [-0.4, -0.2) is 36.5 Å². The van der Waals surface area contributed by atoms with Crippen molar-refractivity contribution in [1.82, 2.24) is 5.32 Å². The lowest BCUT2D eigenvalue weighted by atomic mass is 10.1. The van der Waals surface area contributed by atoms with E-state index in [9.17, 15) is 19.5 Å². The molecule has 7 nitrogen and oxygen atoms in total. The maximum Gasteiger partial charge on any atom is 0.335 e. The minimum Gasteiger partial charge on any atom is -0.478 e. The van der Waals surface area contributed by atoms with E-state index < -0.39 is 11.9 Å². The molecule has 0 spiro atoms. The van der Waals surface area contributed by atoms with Crippen LogP contribution in [-0.2, 0) is 11.3 Å². The Kier molecular flexibility index (Phi) is 7.08. The van der Waals surface area contributed by atoms with E-state index in [0.717, 1.165) is 6.42 Å². The van der Waals surface area contributed by atoms with Crippen LogP contribution in [0.1, 0.15) is 50.0 Å². The summed E-state index contributed by atoms with van der Waals surface area (Å²) in [6.07, 6.45) is 0.815. The van der Waals surface area contributed by atoms with Crippen LogP contribution in [0.5, 0.6) is 0 Å². The van der Waals surface area contributed by atoms with Crippen LogP contribution in [0.3, 0.4) is 0 Å². The first-order valence-electron chi connectivity index (χ1n) is 8.50. The number of amides is 2. The highest BCUT2D eigenvalue weighted by Gasteiger charge is 2.13. The number of methoxy groups -OCH3 is 1. The molecular weight excluding hydrogens is 348 g/mol. The van der Waals surface area contributed by atoms with Crippen molar-refractivity contribution >= 4 is 23.5 Å². The van der Waals surface area contributed by atoms with Crippen molar-refractivity contribution in [2.75, 3.05) is 19.0 Å². The smallest absolute Gasteiger partial charge is 0.335 e. The summed E-state index contributed by atoms with van der Waals surface area (Å²) in [6, 6.07) is 10.8. The zero-order valence-electron chi connectivity index (χ0n) is 15.2. The van der Waals surface area contributed by atoms with Gasteiger partial charge in [-0.05, 0) is 48.4 Å². The standard InChI is InChI=1S/C20H22N2O5/c1-3-7-21-18(23)14-5-4-6-15(10-14)19(24)22-17-9-13(12-27-2)8-16(11-17)20(25)26/h4-6,8-11H,3,7,12H2,1-2H3,(H,21,23)(H,22,24)(H,25,26). The quantitative estimate of drug-likeness (QED) is 0.663. The van der Waals surface area contributed by atoms with Gasteiger partial charge in [-0.15, -0.1) is 0 Å². The Bertz CT molecular complexity index is 848. The minimum atomic E-state index is -1.10. The highest BCUT2D eigenvalue weighted by molar-refractivity contribution is 6.06. The van der Waals surface area contributed by atoms with Gasteiger partial charge >= 0.3 is 5.97 Å². The van der Waals surface area contributed by atoms with Crippen LogP contribution < -0.4 is 10.6 Å². The molecule has 0 radical (unpaired) electrons. The van der Waals surface area contributed by atoms with Gasteiger partial charge in [-0.2, -0.15) is 0 Å². The van der Waals surface area contributed by atoms with Crippen LogP contribution in [0.4, 0.5) is 5.69 Å². The molecule has 0 fully saturated rings. The molecule has 0 aromatic heterocycles. The van der Waals surface area contributed by atoms with E-state index in [1.807, 2.05) is 6.92 Å². The lowest BCUT2D eigenvalue weighted by Crippen LogP contribution is -2.24. The Labute approximate surface area is 157 Å². The van der Waals surface area contributed by atoms with Gasteiger partial charge in [0.1, 0.15) is 0 Å². The topological polar surface area (TPSA) is 105 Å². The second-order valence-electron chi connectivity index (χ2n) is 5.95. The molecule has 3 N–H and O–H groups in total. The number of carboxylic acids is 1. The minimum absolute atomic E-state index is 0.0487. The largest absolute Gasteiger partial charge is 0.478 e. The summed E-state index contributed by atoms with van der Waals surface area (Å²) in [7, 11) is 1.50. The number of ether oxygens (including phenoxy) is 1. The number of hydrogen-bond donors (Lipinski definition) is 3. The molecule has 2 aromatic carbocycles. The van der Waals surface area contributed by atoms with Gasteiger partial charge in [0, 0.05) is 30.5 Å². The number of aromatic carboxylic acids is 1. The fourth-order valence-corrected chi connectivity index (χ4v) is 2.48. The fraction of sp³-hybridized carbons (Fsp3) is 0.250. The van der Waals surface area contributed by atoms with Gasteiger partial charge in [0.05, 0.1) is 12.2 Å². The predicted octanol–water partition coefficient (Wildman–Crippen LogP) is 2.92. The second kappa shape index (κ2) is 9.49. The molecule has 0 aliphatic rings. The van der Waals surface area contributed by atoms with Crippen LogP contribution in [0.15, 0.2) is 42.5 Å². The van der Waals surface area contributed by atoms with E-state index >= 15 is 0 Å². The van der Waals surface area contributed by atoms with E-state index in [0.29, 0.717) is 28.9 Å². The normalized spacial score (nSPS) is 10.3. The number of carbonyl (C=O) groups is 3. The van der Waals surface area contributed by atoms with Crippen molar-refractivity contribution in [3.63, 3.8) is 0 Å². The molecule has 2 amide bonds. The molecule has 2 rings (SSSR count). The number of carboxylic acid groups (broad SMARTS) is 1. The monoisotopic (exact) mass is 370 g/mol. The SMILES string of the molecule is CCCNC(=O)c1cccc(C(=O)Nc2cc(COC)cc(C(=O)O)c2)c1. The number of benzene rings is 2. The van der Waals surface area contributed by atoms with Gasteiger partial charge in [-0.3, -0.25) is 9.59 Å². The molecule has 0 saturated heterocycles. The van der Waals surface area contributed by atoms with E-state index in [-0.39, 0.29) is 18.1 Å². The highest BCUT2D eigenvalue weighted by atomic mass is 16.5. The highest BCUT2D eigenvalue weighted by Crippen LogP contribution is 2.17. The maximum atomic E-state index is 12.5. The molecule has 0 bridgehead atoms. The summed E-state index contributed by atoms with van der Waals surface area (Å²) in [5, 5.41) is 14.7. The first-order valence-corrected chi connectivity index (χ1v) is 8.50. The van der Waals surface area contributed by atoms with Gasteiger partial charge < -0.3 is 20.5 Å². The summed E-state index contributed by atoms with van der Waals surface area (Å²) in [5.74, 6) is -1.79. The van der Waals surface area contributed by atoms with E-state index in [1.54, 1.807) is 24.3 Å². The summed E-state index contributed by atoms with van der Waals surface area (Å²) < 4.78 is 5.03. The van der Waals surface area contributed by atoms with Crippen molar-refractivity contribution < 1.29 is 24.2 Å². The zero-order valence-corrected chi connectivity index (χ0v) is 15.2. The predicted molar refractivity (Wildman–Crippen MR) is 101 cm³/mol. The third-order valence-corrected chi connectivity index (χ3v) is 3.73. The molecule has 7 heteroatoms. The maximum absolute atomic E-state index is 12.5. The number of nitrogens with one attached hydrogen (secondary N) is 2. The van der Waals surface area contributed by atoms with E-state index in [2.05, 4.69) is 10.6 Å². The van der Waals surface area contributed by atoms with E-state index in [4.69, 9.17) is 4.74 Å². The Morgan fingerprint density at radius 2 is 1.70 bits per heavy atom. The molecule has 0 aliphatic heterocycles. The lowest BCUT2D eigenvalue weighted by Gasteiger charge is -2.10. The summed E-state index contributed by atoms with van der Waals surface area (Å²) >= 11 is 0. The molecular formula is C20H22N2O5. The molecule has 27 heavy (non-hydrogen) atoms. The average molecular weight is 370 g/mol. The number of rotatable bonds is 8. The third-order valence-electron chi connectivity index (χ3n) is 3.73. The fourth-order valence-electron chi connectivity index (χ4n) is 2.48. The van der Waals surface area contributed by atoms with Crippen LogP contribution >= 0.6 is 0 Å². The van der Waals surface area contributed by atoms with Crippen molar-refractivity contribution in [1.29, 1.82) is 0 Å². The third kappa shape index (κ3) is 5.65. The number of anilines is 1. The number of carbonyl (C=O) groups excluding carboxylic acids is 2. The second-order valence-corrected chi connectivity index (χ2v) is 5.95. The Morgan fingerprint density at radius 3 is 2.33 bits per heavy atom. The Morgan fingerprint density at radius 1 is 1.00 bits per heavy atom. The molecule has 0 heterocycles. The molecule has 0 atom stereocenters. The molecule has 0 unspecified atom stereocenters. The van der Waals surface area contributed by atoms with Crippen LogP contribution in [0.25, 0.3) is 0 Å². The van der Waals surface area contributed by atoms with Crippen molar-refractivity contribution in [2.24, 2.45) is 0 Å². The Balaban J connectivity index is 2.22. The average Bonchev–Trinajstić information content (AvgIpc) is 2.66. The first kappa shape index (κ1) is 20.1. The lowest BCUT2D eigenvalue weighted by molar-refractivity contribution is 0.0696. The van der Waals surface area contributed by atoms with Gasteiger partial charge in [-0.1, -0.05) is 13.0 Å². The Hall–Kier alpha value is -3.19. The van der Waals surface area contributed by atoms with Gasteiger partial charge in [0.15, 0.2) is 0 Å². The summed E-state index contributed by atoms with van der Waals surface area (Å²) in [5.41, 5.74) is 1.70. The zero-order chi connectivity index (χ0) is 19.8. The van der Waals surface area contributed by atoms with Crippen molar-refractivity contribution in [2.45, 2.75) is 20.0 Å². The first-order chi connectivity index (χ1) is 12.9. The van der Waals surface area contributed by atoms with E-state index in [1.165, 1.54) is 25.3 Å². The molecule has 142 valence electrons. The van der Waals surface area contributed by atoms with Crippen molar-refractivity contribution in [3.05, 3.63) is 64.7 Å². The van der Waals surface area contributed by atoms with Gasteiger partial charge in [-0.25, -0.2) is 4.79 Å². The van der Waals surface area contributed by atoms with Crippen LogP contribution in [0.2, 0.25) is 0 Å². The molecule has 0 aliphatic carbocycles. The van der Waals surface area contributed by atoms with Gasteiger partial charge in [0.25, 0.3) is 11.8 Å². The summed E-state index contributed by atoms with van der Waals surface area (Å²) in [6.45, 7) is 2.73. The summed E-state index contributed by atoms with van der Waals surface area (Å²) in [4.78, 5) is 35.9. The molecule has 2 aromatic rings.